The first kappa shape index (κ1) is 23.2. The molecule has 0 fully saturated rings. The first-order valence-corrected chi connectivity index (χ1v) is 12.7. The first-order chi connectivity index (χ1) is 15.8. The van der Waals surface area contributed by atoms with E-state index < -0.39 is 10.0 Å². The summed E-state index contributed by atoms with van der Waals surface area (Å²) in [6, 6.07) is 15.3. The predicted molar refractivity (Wildman–Crippen MR) is 126 cm³/mol. The first-order valence-electron chi connectivity index (χ1n) is 10.3. The molecule has 2 N–H and O–H groups in total. The maximum absolute atomic E-state index is 12.8. The van der Waals surface area contributed by atoms with E-state index in [2.05, 4.69) is 10.0 Å². The van der Waals surface area contributed by atoms with Crippen molar-refractivity contribution in [3.63, 3.8) is 0 Å². The number of hydrogen-bond donors (Lipinski definition) is 2. The molecule has 1 aromatic heterocycles. The zero-order valence-electron chi connectivity index (χ0n) is 18.3. The standard InChI is InChI=1S/C23H25N3O5S2/c1-26(2)19(22-7-4-10-32-22)14-24-23(27)17-5-3-6-18(12-17)33(28,29)25-13-16-8-9-20-21(11-16)31-15-30-20/h3-12,19,25H,13-15H2,1-2H3,(H,24,27). The van der Waals surface area contributed by atoms with Gasteiger partial charge in [0.05, 0.1) is 10.9 Å². The molecule has 0 radical (unpaired) electrons. The van der Waals surface area contributed by atoms with Gasteiger partial charge in [-0.3, -0.25) is 4.79 Å². The van der Waals surface area contributed by atoms with Crippen molar-refractivity contribution in [2.45, 2.75) is 17.5 Å². The minimum absolute atomic E-state index is 0.0262. The second kappa shape index (κ2) is 9.92. The summed E-state index contributed by atoms with van der Waals surface area (Å²) in [5.74, 6) is 0.895. The fraction of sp³-hybridized carbons (Fsp3) is 0.261. The monoisotopic (exact) mass is 487 g/mol. The summed E-state index contributed by atoms with van der Waals surface area (Å²) >= 11 is 1.63. The number of carbonyl (C=O) groups excluding carboxylic acids is 1. The highest BCUT2D eigenvalue weighted by Gasteiger charge is 2.20. The average Bonchev–Trinajstić information content (AvgIpc) is 3.49. The van der Waals surface area contributed by atoms with Crippen molar-refractivity contribution in [3.8, 4) is 11.5 Å². The van der Waals surface area contributed by atoms with E-state index in [0.717, 1.165) is 10.4 Å². The van der Waals surface area contributed by atoms with Crippen LogP contribution < -0.4 is 19.5 Å². The van der Waals surface area contributed by atoms with Gasteiger partial charge in [0.15, 0.2) is 11.5 Å². The van der Waals surface area contributed by atoms with Crippen LogP contribution in [0, 0.1) is 0 Å². The molecule has 0 saturated carbocycles. The maximum atomic E-state index is 12.8. The lowest BCUT2D eigenvalue weighted by molar-refractivity contribution is 0.0942. The van der Waals surface area contributed by atoms with Crippen molar-refractivity contribution < 1.29 is 22.7 Å². The maximum Gasteiger partial charge on any atom is 0.251 e. The number of thiophene rings is 1. The van der Waals surface area contributed by atoms with Crippen molar-refractivity contribution in [1.82, 2.24) is 14.9 Å². The number of nitrogens with zero attached hydrogens (tertiary/aromatic N) is 1. The third kappa shape index (κ3) is 5.53. The van der Waals surface area contributed by atoms with Crippen LogP contribution in [-0.2, 0) is 16.6 Å². The minimum Gasteiger partial charge on any atom is -0.454 e. The van der Waals surface area contributed by atoms with E-state index in [1.807, 2.05) is 36.5 Å². The molecule has 0 aliphatic carbocycles. The number of likely N-dealkylation sites (N-methyl/N-ethyl adjacent to an activating group) is 1. The van der Waals surface area contributed by atoms with Gasteiger partial charge in [-0.1, -0.05) is 18.2 Å². The molecule has 1 amide bonds. The molecule has 0 spiro atoms. The van der Waals surface area contributed by atoms with Gasteiger partial charge in [0.25, 0.3) is 5.91 Å². The third-order valence-electron chi connectivity index (χ3n) is 5.26. The number of fused-ring (bicyclic) bond motifs is 1. The average molecular weight is 488 g/mol. The van der Waals surface area contributed by atoms with E-state index in [0.29, 0.717) is 18.0 Å². The molecule has 1 aliphatic heterocycles. The van der Waals surface area contributed by atoms with E-state index in [-0.39, 0.29) is 35.7 Å². The van der Waals surface area contributed by atoms with E-state index in [1.165, 1.54) is 12.1 Å². The Hall–Kier alpha value is -2.92. The van der Waals surface area contributed by atoms with Gasteiger partial charge < -0.3 is 19.7 Å². The third-order valence-corrected chi connectivity index (χ3v) is 7.63. The molecule has 3 aromatic rings. The van der Waals surface area contributed by atoms with E-state index >= 15 is 0 Å². The molecule has 1 atom stereocenters. The van der Waals surface area contributed by atoms with Crippen LogP contribution in [-0.4, -0.2) is 46.7 Å². The fourth-order valence-corrected chi connectivity index (χ4v) is 5.41. The second-order valence-electron chi connectivity index (χ2n) is 7.74. The Balaban J connectivity index is 1.41. The normalized spacial score (nSPS) is 13.8. The lowest BCUT2D eigenvalue weighted by Crippen LogP contribution is -2.34. The molecular weight excluding hydrogens is 462 g/mol. The number of benzene rings is 2. The Kier molecular flexibility index (Phi) is 6.99. The summed E-state index contributed by atoms with van der Waals surface area (Å²) in [7, 11) is 0.0905. The summed E-state index contributed by atoms with van der Waals surface area (Å²) in [4.78, 5) is 15.9. The van der Waals surface area contributed by atoms with Crippen molar-refractivity contribution in [1.29, 1.82) is 0 Å². The van der Waals surface area contributed by atoms with Gasteiger partial charge in [0, 0.05) is 23.5 Å². The van der Waals surface area contributed by atoms with E-state index in [9.17, 15) is 13.2 Å². The SMILES string of the molecule is CN(C)C(CNC(=O)c1cccc(S(=O)(=O)NCc2ccc3c(c2)OCO3)c1)c1cccs1. The lowest BCUT2D eigenvalue weighted by Gasteiger charge is -2.23. The smallest absolute Gasteiger partial charge is 0.251 e. The quantitative estimate of drug-likeness (QED) is 0.482. The molecule has 1 unspecified atom stereocenters. The molecule has 0 saturated heterocycles. The summed E-state index contributed by atoms with van der Waals surface area (Å²) in [6.07, 6.45) is 0. The van der Waals surface area contributed by atoms with Gasteiger partial charge in [-0.15, -0.1) is 11.3 Å². The van der Waals surface area contributed by atoms with Crippen LogP contribution >= 0.6 is 11.3 Å². The highest BCUT2D eigenvalue weighted by atomic mass is 32.2. The summed E-state index contributed by atoms with van der Waals surface area (Å²) in [6.45, 7) is 0.647. The van der Waals surface area contributed by atoms with Crippen molar-refractivity contribution >= 4 is 27.3 Å². The van der Waals surface area contributed by atoms with Gasteiger partial charge in [-0.05, 0) is 61.4 Å². The summed E-state index contributed by atoms with van der Waals surface area (Å²) in [5, 5.41) is 4.91. The van der Waals surface area contributed by atoms with Gasteiger partial charge >= 0.3 is 0 Å². The van der Waals surface area contributed by atoms with Crippen LogP contribution in [0.15, 0.2) is 64.9 Å². The summed E-state index contributed by atoms with van der Waals surface area (Å²) < 4.78 is 38.8. The lowest BCUT2D eigenvalue weighted by atomic mass is 10.2. The zero-order chi connectivity index (χ0) is 23.4. The topological polar surface area (TPSA) is 97.0 Å². The minimum atomic E-state index is -3.82. The van der Waals surface area contributed by atoms with Crippen molar-refractivity contribution in [2.75, 3.05) is 27.4 Å². The van der Waals surface area contributed by atoms with Crippen molar-refractivity contribution in [3.05, 3.63) is 76.0 Å². The van der Waals surface area contributed by atoms with Crippen LogP contribution in [0.2, 0.25) is 0 Å². The van der Waals surface area contributed by atoms with E-state index in [1.54, 1.807) is 41.7 Å². The Morgan fingerprint density at radius 3 is 2.67 bits per heavy atom. The molecule has 1 aliphatic rings. The Bertz CT molecular complexity index is 1230. The van der Waals surface area contributed by atoms with Crippen LogP contribution in [0.1, 0.15) is 26.8 Å². The molecule has 10 heteroatoms. The van der Waals surface area contributed by atoms with E-state index in [4.69, 9.17) is 9.47 Å². The van der Waals surface area contributed by atoms with Gasteiger partial charge in [-0.2, -0.15) is 0 Å². The highest BCUT2D eigenvalue weighted by molar-refractivity contribution is 7.89. The molecule has 8 nitrogen and oxygen atoms in total. The molecule has 174 valence electrons. The predicted octanol–water partition coefficient (Wildman–Crippen LogP) is 2.99. The number of carbonyl (C=O) groups is 1. The van der Waals surface area contributed by atoms with Crippen molar-refractivity contribution in [2.24, 2.45) is 0 Å². The molecule has 33 heavy (non-hydrogen) atoms. The van der Waals surface area contributed by atoms with Gasteiger partial charge in [0.1, 0.15) is 0 Å². The number of amides is 1. The Morgan fingerprint density at radius 2 is 1.91 bits per heavy atom. The number of rotatable bonds is 9. The van der Waals surface area contributed by atoms with Crippen LogP contribution in [0.25, 0.3) is 0 Å². The van der Waals surface area contributed by atoms with Gasteiger partial charge in [-0.25, -0.2) is 13.1 Å². The molecule has 0 bridgehead atoms. The number of nitrogens with one attached hydrogen (secondary N) is 2. The zero-order valence-corrected chi connectivity index (χ0v) is 19.9. The summed E-state index contributed by atoms with van der Waals surface area (Å²) in [5.41, 5.74) is 1.02. The number of sulfonamides is 1. The van der Waals surface area contributed by atoms with Gasteiger partial charge in [0.2, 0.25) is 16.8 Å². The molecule has 2 heterocycles. The second-order valence-corrected chi connectivity index (χ2v) is 10.5. The molecule has 4 rings (SSSR count). The fourth-order valence-electron chi connectivity index (χ4n) is 3.43. The number of ether oxygens (including phenoxy) is 2. The Morgan fingerprint density at radius 1 is 1.09 bits per heavy atom. The largest absolute Gasteiger partial charge is 0.454 e. The number of hydrogen-bond acceptors (Lipinski definition) is 7. The molecular formula is C23H25N3O5S2. The van der Waals surface area contributed by atoms with Crippen LogP contribution in [0.5, 0.6) is 11.5 Å². The van der Waals surface area contributed by atoms with Crippen LogP contribution in [0.4, 0.5) is 0 Å². The van der Waals surface area contributed by atoms with Crippen LogP contribution in [0.3, 0.4) is 0 Å². The molecule has 2 aromatic carbocycles. The highest BCUT2D eigenvalue weighted by Crippen LogP contribution is 2.32. The Labute approximate surface area is 197 Å².